The molecule has 2 N–H and O–H groups in total. The third-order valence-corrected chi connectivity index (χ3v) is 2.03. The van der Waals surface area contributed by atoms with E-state index in [0.717, 1.165) is 13.2 Å². The third-order valence-electron chi connectivity index (χ3n) is 2.03. The van der Waals surface area contributed by atoms with Gasteiger partial charge in [0.2, 0.25) is 0 Å². The maximum Gasteiger partial charge on any atom is 0.0621 e. The lowest BCUT2D eigenvalue weighted by molar-refractivity contribution is 0.176. The van der Waals surface area contributed by atoms with Gasteiger partial charge in [0.15, 0.2) is 0 Å². The first-order valence-corrected chi connectivity index (χ1v) is 3.55. The summed E-state index contributed by atoms with van der Waals surface area (Å²) in [6, 6.07) is 0.282. The Morgan fingerprint density at radius 1 is 1.44 bits per heavy atom. The highest BCUT2D eigenvalue weighted by Crippen LogP contribution is 2.19. The third kappa shape index (κ3) is 1.43. The fourth-order valence-corrected chi connectivity index (χ4v) is 1.27. The molecule has 2 nitrogen and oxygen atoms in total. The normalized spacial score (nSPS) is 36.0. The van der Waals surface area contributed by atoms with Crippen molar-refractivity contribution in [2.75, 3.05) is 13.2 Å². The molecule has 2 heteroatoms. The summed E-state index contributed by atoms with van der Waals surface area (Å²) < 4.78 is 5.21. The first-order valence-electron chi connectivity index (χ1n) is 3.55. The van der Waals surface area contributed by atoms with Gasteiger partial charge in [0.25, 0.3) is 0 Å². The van der Waals surface area contributed by atoms with Crippen molar-refractivity contribution in [2.24, 2.45) is 17.6 Å². The van der Waals surface area contributed by atoms with Crippen LogP contribution in [-0.2, 0) is 4.74 Å². The second-order valence-corrected chi connectivity index (χ2v) is 3.11. The summed E-state index contributed by atoms with van der Waals surface area (Å²) in [5.74, 6) is 1.26. The Morgan fingerprint density at radius 2 is 2.11 bits per heavy atom. The molecular weight excluding hydrogens is 114 g/mol. The second-order valence-electron chi connectivity index (χ2n) is 3.11. The summed E-state index contributed by atoms with van der Waals surface area (Å²) in [6.07, 6.45) is 0. The predicted octanol–water partition coefficient (Wildman–Crippen LogP) is 0.616. The average Bonchev–Trinajstić information content (AvgIpc) is 2.13. The molecule has 0 bridgehead atoms. The zero-order valence-corrected chi connectivity index (χ0v) is 6.13. The predicted molar refractivity (Wildman–Crippen MR) is 37.1 cm³/mol. The van der Waals surface area contributed by atoms with Gasteiger partial charge in [-0.25, -0.2) is 0 Å². The zero-order chi connectivity index (χ0) is 6.85. The van der Waals surface area contributed by atoms with Crippen molar-refractivity contribution in [2.45, 2.75) is 19.9 Å². The Labute approximate surface area is 56.4 Å². The monoisotopic (exact) mass is 129 g/mol. The molecule has 0 aromatic heterocycles. The summed E-state index contributed by atoms with van der Waals surface area (Å²) in [5, 5.41) is 0. The molecule has 1 heterocycles. The Kier molecular flexibility index (Phi) is 2.09. The molecule has 9 heavy (non-hydrogen) atoms. The molecule has 54 valence electrons. The number of ether oxygens (including phenoxy) is 1. The molecule has 1 aliphatic rings. The molecule has 1 fully saturated rings. The highest BCUT2D eigenvalue weighted by atomic mass is 16.5. The Balaban J connectivity index is 2.40. The van der Waals surface area contributed by atoms with E-state index in [0.29, 0.717) is 11.8 Å². The van der Waals surface area contributed by atoms with Crippen LogP contribution in [0.5, 0.6) is 0 Å². The van der Waals surface area contributed by atoms with Crippen LogP contribution >= 0.6 is 0 Å². The largest absolute Gasteiger partial charge is 0.379 e. The average molecular weight is 129 g/mol. The molecule has 1 aliphatic heterocycles. The van der Waals surface area contributed by atoms with Crippen molar-refractivity contribution in [3.8, 4) is 0 Å². The summed E-state index contributed by atoms with van der Waals surface area (Å²) in [4.78, 5) is 0. The van der Waals surface area contributed by atoms with Gasteiger partial charge in [-0.2, -0.15) is 0 Å². The van der Waals surface area contributed by atoms with Crippen molar-refractivity contribution in [1.29, 1.82) is 0 Å². The lowest BCUT2D eigenvalue weighted by Gasteiger charge is -2.16. The van der Waals surface area contributed by atoms with Gasteiger partial charge < -0.3 is 10.5 Å². The van der Waals surface area contributed by atoms with Crippen LogP contribution in [0, 0.1) is 11.8 Å². The topological polar surface area (TPSA) is 35.2 Å². The molecule has 1 rings (SSSR count). The molecule has 1 saturated heterocycles. The number of hydrogen-bond donors (Lipinski definition) is 1. The van der Waals surface area contributed by atoms with Crippen molar-refractivity contribution in [3.63, 3.8) is 0 Å². The van der Waals surface area contributed by atoms with Gasteiger partial charge in [-0.15, -0.1) is 0 Å². The van der Waals surface area contributed by atoms with E-state index in [2.05, 4.69) is 13.8 Å². The molecule has 0 amide bonds. The zero-order valence-electron chi connectivity index (χ0n) is 6.13. The smallest absolute Gasteiger partial charge is 0.0621 e. The summed E-state index contributed by atoms with van der Waals surface area (Å²) >= 11 is 0. The molecule has 0 spiro atoms. The molecule has 0 radical (unpaired) electrons. The van der Waals surface area contributed by atoms with E-state index < -0.39 is 0 Å². The summed E-state index contributed by atoms with van der Waals surface area (Å²) in [6.45, 7) is 6.00. The number of rotatable bonds is 1. The fourth-order valence-electron chi connectivity index (χ4n) is 1.27. The van der Waals surface area contributed by atoms with Gasteiger partial charge in [0, 0.05) is 12.0 Å². The molecule has 0 aliphatic carbocycles. The Morgan fingerprint density at radius 3 is 2.33 bits per heavy atom. The van der Waals surface area contributed by atoms with Crippen LogP contribution in [0.3, 0.4) is 0 Å². The molecular formula is C7H15NO. The van der Waals surface area contributed by atoms with Crippen LogP contribution in [0.2, 0.25) is 0 Å². The maximum atomic E-state index is 5.75. The van der Waals surface area contributed by atoms with Gasteiger partial charge in [0.1, 0.15) is 0 Å². The first-order chi connectivity index (χ1) is 4.22. The SMILES string of the molecule is CC(C)[C@H]1COC[C@H]1N. The van der Waals surface area contributed by atoms with Gasteiger partial charge >= 0.3 is 0 Å². The molecule has 0 saturated carbocycles. The van der Waals surface area contributed by atoms with E-state index >= 15 is 0 Å². The van der Waals surface area contributed by atoms with Crippen molar-refractivity contribution >= 4 is 0 Å². The van der Waals surface area contributed by atoms with Crippen LogP contribution in [0.1, 0.15) is 13.8 Å². The summed E-state index contributed by atoms with van der Waals surface area (Å²) in [7, 11) is 0. The Hall–Kier alpha value is -0.0800. The lowest BCUT2D eigenvalue weighted by Crippen LogP contribution is -2.31. The summed E-state index contributed by atoms with van der Waals surface area (Å²) in [5.41, 5.74) is 5.75. The van der Waals surface area contributed by atoms with E-state index in [-0.39, 0.29) is 6.04 Å². The van der Waals surface area contributed by atoms with Crippen LogP contribution in [0.4, 0.5) is 0 Å². The first kappa shape index (κ1) is 7.03. The van der Waals surface area contributed by atoms with Gasteiger partial charge in [0.05, 0.1) is 13.2 Å². The second kappa shape index (κ2) is 2.67. The molecule has 2 atom stereocenters. The van der Waals surface area contributed by atoms with Crippen molar-refractivity contribution in [3.05, 3.63) is 0 Å². The van der Waals surface area contributed by atoms with Gasteiger partial charge in [-0.3, -0.25) is 0 Å². The van der Waals surface area contributed by atoms with Crippen LogP contribution < -0.4 is 5.73 Å². The van der Waals surface area contributed by atoms with E-state index in [1.807, 2.05) is 0 Å². The minimum absolute atomic E-state index is 0.282. The van der Waals surface area contributed by atoms with E-state index in [4.69, 9.17) is 10.5 Å². The van der Waals surface area contributed by atoms with Gasteiger partial charge in [-0.05, 0) is 5.92 Å². The van der Waals surface area contributed by atoms with Crippen molar-refractivity contribution in [1.82, 2.24) is 0 Å². The van der Waals surface area contributed by atoms with E-state index in [1.165, 1.54) is 0 Å². The maximum absolute atomic E-state index is 5.75. The number of hydrogen-bond acceptors (Lipinski definition) is 2. The molecule has 0 aromatic rings. The lowest BCUT2D eigenvalue weighted by atomic mass is 9.92. The Bertz CT molecular complexity index is 92.9. The van der Waals surface area contributed by atoms with Crippen LogP contribution in [0.15, 0.2) is 0 Å². The van der Waals surface area contributed by atoms with Crippen LogP contribution in [-0.4, -0.2) is 19.3 Å². The molecule has 0 aromatic carbocycles. The van der Waals surface area contributed by atoms with Gasteiger partial charge in [-0.1, -0.05) is 13.8 Å². The van der Waals surface area contributed by atoms with E-state index in [9.17, 15) is 0 Å². The quantitative estimate of drug-likeness (QED) is 0.563. The van der Waals surface area contributed by atoms with Crippen molar-refractivity contribution < 1.29 is 4.74 Å². The van der Waals surface area contributed by atoms with Crippen LogP contribution in [0.25, 0.3) is 0 Å². The highest BCUT2D eigenvalue weighted by Gasteiger charge is 2.26. The minimum Gasteiger partial charge on any atom is -0.379 e. The highest BCUT2D eigenvalue weighted by molar-refractivity contribution is 4.79. The molecule has 0 unspecified atom stereocenters. The standard InChI is InChI=1S/C7H15NO/c1-5(2)6-3-9-4-7(6)8/h5-7H,3-4,8H2,1-2H3/t6-,7-/m1/s1. The number of nitrogens with two attached hydrogens (primary N) is 1. The fraction of sp³-hybridized carbons (Fsp3) is 1.00. The van der Waals surface area contributed by atoms with E-state index in [1.54, 1.807) is 0 Å². The minimum atomic E-state index is 0.282.